The number of aromatic amines is 1. The molecular weight excluding hydrogens is 230 g/mol. The third-order valence-corrected chi connectivity index (χ3v) is 2.68. The molecule has 0 fully saturated rings. The molecule has 0 amide bonds. The second kappa shape index (κ2) is 4.06. The summed E-state index contributed by atoms with van der Waals surface area (Å²) >= 11 is 5.98. The summed E-state index contributed by atoms with van der Waals surface area (Å²) in [6, 6.07) is 3.47. The summed E-state index contributed by atoms with van der Waals surface area (Å²) < 4.78 is 5.08. The number of methoxy groups -OCH3 is 1. The minimum Gasteiger partial charge on any atom is -0.495 e. The first kappa shape index (κ1) is 10.8. The molecule has 0 radical (unpaired) electrons. The van der Waals surface area contributed by atoms with Crippen molar-refractivity contribution < 1.29 is 14.6 Å². The van der Waals surface area contributed by atoms with Crippen molar-refractivity contribution in [2.45, 2.75) is 6.42 Å². The highest BCUT2D eigenvalue weighted by atomic mass is 35.5. The van der Waals surface area contributed by atoms with Crippen LogP contribution >= 0.6 is 11.6 Å². The van der Waals surface area contributed by atoms with Gasteiger partial charge in [0.25, 0.3) is 0 Å². The number of H-pyrrole nitrogens is 1. The van der Waals surface area contributed by atoms with Crippen LogP contribution in [-0.2, 0) is 11.2 Å². The fourth-order valence-corrected chi connectivity index (χ4v) is 1.89. The number of fused-ring (bicyclic) bond motifs is 1. The second-order valence-electron chi connectivity index (χ2n) is 3.42. The number of carboxylic acids is 1. The van der Waals surface area contributed by atoms with Gasteiger partial charge in [-0.1, -0.05) is 11.6 Å². The Morgan fingerprint density at radius 2 is 2.31 bits per heavy atom. The smallest absolute Gasteiger partial charge is 0.307 e. The molecule has 0 saturated heterocycles. The molecule has 0 atom stereocenters. The maximum Gasteiger partial charge on any atom is 0.307 e. The number of carboxylic acid groups (broad SMARTS) is 1. The van der Waals surface area contributed by atoms with E-state index in [-0.39, 0.29) is 6.42 Å². The third kappa shape index (κ3) is 1.84. The number of ether oxygens (including phenoxy) is 1. The maximum atomic E-state index is 10.6. The Morgan fingerprint density at radius 1 is 1.56 bits per heavy atom. The lowest BCUT2D eigenvalue weighted by molar-refractivity contribution is -0.136. The minimum absolute atomic E-state index is 0.0251. The van der Waals surface area contributed by atoms with E-state index in [9.17, 15) is 4.79 Å². The summed E-state index contributed by atoms with van der Waals surface area (Å²) in [7, 11) is 1.54. The molecule has 2 rings (SSSR count). The largest absolute Gasteiger partial charge is 0.495 e. The average Bonchev–Trinajstić information content (AvgIpc) is 2.59. The lowest BCUT2D eigenvalue weighted by Crippen LogP contribution is -1.98. The van der Waals surface area contributed by atoms with Crippen molar-refractivity contribution in [3.05, 3.63) is 28.9 Å². The summed E-state index contributed by atoms with van der Waals surface area (Å²) in [5, 5.41) is 10.0. The van der Waals surface area contributed by atoms with Gasteiger partial charge in [-0.2, -0.15) is 0 Å². The molecule has 1 aromatic carbocycles. The first-order valence-corrected chi connectivity index (χ1v) is 5.05. The van der Waals surface area contributed by atoms with Gasteiger partial charge < -0.3 is 14.8 Å². The molecule has 0 unspecified atom stereocenters. The molecule has 84 valence electrons. The van der Waals surface area contributed by atoms with Crippen LogP contribution in [0.2, 0.25) is 5.02 Å². The monoisotopic (exact) mass is 239 g/mol. The SMILES string of the molecule is COc1cc2[nH]cc(CC(=O)O)c2cc1Cl. The van der Waals surface area contributed by atoms with Crippen LogP contribution in [0, 0.1) is 0 Å². The first-order chi connectivity index (χ1) is 7.61. The second-order valence-corrected chi connectivity index (χ2v) is 3.82. The topological polar surface area (TPSA) is 62.3 Å². The fraction of sp³-hybridized carbons (Fsp3) is 0.182. The van der Waals surface area contributed by atoms with Gasteiger partial charge in [-0.15, -0.1) is 0 Å². The van der Waals surface area contributed by atoms with Crippen molar-refractivity contribution in [1.82, 2.24) is 4.98 Å². The van der Waals surface area contributed by atoms with E-state index in [4.69, 9.17) is 21.4 Å². The Morgan fingerprint density at radius 3 is 2.94 bits per heavy atom. The van der Waals surface area contributed by atoms with Gasteiger partial charge in [0.1, 0.15) is 5.75 Å². The molecule has 16 heavy (non-hydrogen) atoms. The maximum absolute atomic E-state index is 10.6. The Bertz CT molecular complexity index is 547. The van der Waals surface area contributed by atoms with Crippen LogP contribution in [0.5, 0.6) is 5.75 Å². The molecule has 1 aromatic heterocycles. The number of halogens is 1. The highest BCUT2D eigenvalue weighted by molar-refractivity contribution is 6.32. The van der Waals surface area contributed by atoms with Gasteiger partial charge in [0, 0.05) is 23.2 Å². The average molecular weight is 240 g/mol. The van der Waals surface area contributed by atoms with Gasteiger partial charge in [0.05, 0.1) is 18.6 Å². The Hall–Kier alpha value is -1.68. The number of carbonyl (C=O) groups is 1. The van der Waals surface area contributed by atoms with Crippen LogP contribution in [0.15, 0.2) is 18.3 Å². The minimum atomic E-state index is -0.868. The number of hydrogen-bond donors (Lipinski definition) is 2. The van der Waals surface area contributed by atoms with E-state index in [1.165, 1.54) is 7.11 Å². The lowest BCUT2D eigenvalue weighted by atomic mass is 10.1. The van der Waals surface area contributed by atoms with Crippen molar-refractivity contribution in [2.75, 3.05) is 7.11 Å². The van der Waals surface area contributed by atoms with Crippen LogP contribution in [-0.4, -0.2) is 23.2 Å². The summed E-state index contributed by atoms with van der Waals surface area (Å²) in [5.41, 5.74) is 1.53. The number of aromatic nitrogens is 1. The lowest BCUT2D eigenvalue weighted by Gasteiger charge is -2.03. The van der Waals surface area contributed by atoms with Gasteiger partial charge in [0.15, 0.2) is 0 Å². The quantitative estimate of drug-likeness (QED) is 0.865. The highest BCUT2D eigenvalue weighted by Gasteiger charge is 2.10. The molecule has 0 aliphatic heterocycles. The predicted molar refractivity (Wildman–Crippen MR) is 61.2 cm³/mol. The van der Waals surface area contributed by atoms with Gasteiger partial charge >= 0.3 is 5.97 Å². The Labute approximate surface area is 96.8 Å². The molecule has 0 saturated carbocycles. The van der Waals surface area contributed by atoms with Crippen LogP contribution in [0.4, 0.5) is 0 Å². The molecule has 1 heterocycles. The van der Waals surface area contributed by atoms with Crippen LogP contribution in [0.25, 0.3) is 10.9 Å². The van der Waals surface area contributed by atoms with Crippen LogP contribution < -0.4 is 4.74 Å². The summed E-state index contributed by atoms with van der Waals surface area (Å²) in [6.07, 6.45) is 1.65. The molecule has 0 spiro atoms. The van der Waals surface area contributed by atoms with Crippen molar-refractivity contribution >= 4 is 28.5 Å². The van der Waals surface area contributed by atoms with Crippen molar-refractivity contribution in [3.8, 4) is 5.75 Å². The highest BCUT2D eigenvalue weighted by Crippen LogP contribution is 2.31. The molecule has 4 nitrogen and oxygen atoms in total. The molecule has 5 heteroatoms. The number of nitrogens with one attached hydrogen (secondary N) is 1. The zero-order valence-electron chi connectivity index (χ0n) is 8.58. The van der Waals surface area contributed by atoms with Crippen LogP contribution in [0.3, 0.4) is 0 Å². The number of rotatable bonds is 3. The Balaban J connectivity index is 2.55. The molecule has 0 aliphatic rings. The number of hydrogen-bond acceptors (Lipinski definition) is 2. The summed E-state index contributed by atoms with van der Waals surface area (Å²) in [4.78, 5) is 13.6. The van der Waals surface area contributed by atoms with Gasteiger partial charge in [0.2, 0.25) is 0 Å². The molecule has 2 N–H and O–H groups in total. The molecule has 0 bridgehead atoms. The number of aliphatic carboxylic acids is 1. The molecule has 0 aliphatic carbocycles. The van der Waals surface area contributed by atoms with Gasteiger partial charge in [-0.05, 0) is 11.6 Å². The van der Waals surface area contributed by atoms with Crippen molar-refractivity contribution in [3.63, 3.8) is 0 Å². The van der Waals surface area contributed by atoms with Crippen LogP contribution in [0.1, 0.15) is 5.56 Å². The molecule has 2 aromatic rings. The van der Waals surface area contributed by atoms with Crippen molar-refractivity contribution in [1.29, 1.82) is 0 Å². The third-order valence-electron chi connectivity index (χ3n) is 2.38. The van der Waals surface area contributed by atoms with E-state index < -0.39 is 5.97 Å². The zero-order chi connectivity index (χ0) is 11.7. The fourth-order valence-electron chi connectivity index (χ4n) is 1.65. The standard InChI is InChI=1S/C11H10ClNO3/c1-16-10-4-9-7(3-8(10)12)6(5-13-9)2-11(14)15/h3-5,13H,2H2,1H3,(H,14,15). The van der Waals surface area contributed by atoms with E-state index >= 15 is 0 Å². The van der Waals surface area contributed by atoms with E-state index in [1.54, 1.807) is 18.3 Å². The Kier molecular flexibility index (Phi) is 2.75. The molecular formula is C11H10ClNO3. The van der Waals surface area contributed by atoms with Crippen molar-refractivity contribution in [2.24, 2.45) is 0 Å². The van der Waals surface area contributed by atoms with E-state index in [1.807, 2.05) is 0 Å². The van der Waals surface area contributed by atoms with E-state index in [0.717, 1.165) is 10.9 Å². The summed E-state index contributed by atoms with van der Waals surface area (Å²) in [5.74, 6) is -0.300. The zero-order valence-corrected chi connectivity index (χ0v) is 9.34. The predicted octanol–water partition coefficient (Wildman–Crippen LogP) is 2.46. The summed E-state index contributed by atoms with van der Waals surface area (Å²) in [6.45, 7) is 0. The van der Waals surface area contributed by atoms with Gasteiger partial charge in [-0.25, -0.2) is 0 Å². The van der Waals surface area contributed by atoms with E-state index in [0.29, 0.717) is 16.3 Å². The normalized spacial score (nSPS) is 10.6. The van der Waals surface area contributed by atoms with E-state index in [2.05, 4.69) is 4.98 Å². The number of benzene rings is 1. The van der Waals surface area contributed by atoms with Gasteiger partial charge in [-0.3, -0.25) is 4.79 Å². The first-order valence-electron chi connectivity index (χ1n) is 4.67.